The summed E-state index contributed by atoms with van der Waals surface area (Å²) in [6, 6.07) is 4.18. The van der Waals surface area contributed by atoms with Gasteiger partial charge in [-0.05, 0) is 30.5 Å². The molecule has 3 nitrogen and oxygen atoms in total. The van der Waals surface area contributed by atoms with Gasteiger partial charge < -0.3 is 9.47 Å². The molecule has 0 unspecified atom stereocenters. The van der Waals surface area contributed by atoms with Crippen molar-refractivity contribution in [1.82, 2.24) is 0 Å². The lowest BCUT2D eigenvalue weighted by molar-refractivity contribution is -0.274. The summed E-state index contributed by atoms with van der Waals surface area (Å²) in [5.41, 5.74) is 1.00. The molecule has 0 aromatic heterocycles. The second-order valence-electron chi connectivity index (χ2n) is 3.83. The predicted octanol–water partition coefficient (Wildman–Crippen LogP) is 3.25. The molecule has 1 aromatic carbocycles. The van der Waals surface area contributed by atoms with Crippen LogP contribution in [-0.2, 0) is 22.4 Å². The van der Waals surface area contributed by atoms with Crippen molar-refractivity contribution in [2.45, 2.75) is 33.1 Å². The van der Waals surface area contributed by atoms with Crippen LogP contribution in [0.1, 0.15) is 25.0 Å². The zero-order valence-corrected chi connectivity index (χ0v) is 10.7. The van der Waals surface area contributed by atoms with Gasteiger partial charge in [0.2, 0.25) is 0 Å². The van der Waals surface area contributed by atoms with Crippen molar-refractivity contribution >= 4 is 5.97 Å². The van der Waals surface area contributed by atoms with Crippen molar-refractivity contribution in [3.63, 3.8) is 0 Å². The summed E-state index contributed by atoms with van der Waals surface area (Å²) < 4.78 is 45.2. The molecule has 0 radical (unpaired) electrons. The topological polar surface area (TPSA) is 35.5 Å². The van der Waals surface area contributed by atoms with Crippen molar-refractivity contribution < 1.29 is 27.4 Å². The van der Waals surface area contributed by atoms with E-state index in [-0.39, 0.29) is 18.8 Å². The van der Waals surface area contributed by atoms with Gasteiger partial charge in [0.1, 0.15) is 5.75 Å². The number of carbonyl (C=O) groups is 1. The highest BCUT2D eigenvalue weighted by Gasteiger charge is 2.31. The summed E-state index contributed by atoms with van der Waals surface area (Å²) in [7, 11) is 0. The van der Waals surface area contributed by atoms with Gasteiger partial charge in [-0.25, -0.2) is 0 Å². The summed E-state index contributed by atoms with van der Waals surface area (Å²) in [4.78, 5) is 11.3. The third-order valence-corrected chi connectivity index (χ3v) is 2.39. The number of hydrogen-bond donors (Lipinski definition) is 0. The highest BCUT2D eigenvalue weighted by molar-refractivity contribution is 5.72. The van der Waals surface area contributed by atoms with Gasteiger partial charge in [0.25, 0.3) is 0 Å². The van der Waals surface area contributed by atoms with E-state index in [0.29, 0.717) is 17.5 Å². The molecular weight excluding hydrogens is 261 g/mol. The molecule has 0 aliphatic carbocycles. The van der Waals surface area contributed by atoms with Crippen LogP contribution in [0.15, 0.2) is 18.2 Å². The van der Waals surface area contributed by atoms with Crippen LogP contribution in [0.25, 0.3) is 0 Å². The van der Waals surface area contributed by atoms with Crippen LogP contribution in [0.5, 0.6) is 5.75 Å². The van der Waals surface area contributed by atoms with Crippen molar-refractivity contribution in [3.8, 4) is 5.75 Å². The summed E-state index contributed by atoms with van der Waals surface area (Å²) in [6.07, 6.45) is -4.30. The Bertz CT molecular complexity index is 441. The minimum atomic E-state index is -4.72. The number of ether oxygens (including phenoxy) is 2. The van der Waals surface area contributed by atoms with Crippen LogP contribution >= 0.6 is 0 Å². The molecule has 0 N–H and O–H groups in total. The van der Waals surface area contributed by atoms with Crippen LogP contribution in [0.4, 0.5) is 13.2 Å². The van der Waals surface area contributed by atoms with Crippen LogP contribution in [0, 0.1) is 0 Å². The average Bonchev–Trinajstić information content (AvgIpc) is 2.29. The molecule has 1 rings (SSSR count). The Labute approximate surface area is 109 Å². The van der Waals surface area contributed by atoms with Gasteiger partial charge in [-0.2, -0.15) is 0 Å². The van der Waals surface area contributed by atoms with Crippen molar-refractivity contribution in [3.05, 3.63) is 29.3 Å². The Morgan fingerprint density at radius 1 is 1.26 bits per heavy atom. The first-order valence-electron chi connectivity index (χ1n) is 5.89. The molecule has 0 aliphatic rings. The lowest BCUT2D eigenvalue weighted by Gasteiger charge is -2.13. The fraction of sp³-hybridized carbons (Fsp3) is 0.462. The quantitative estimate of drug-likeness (QED) is 0.774. The molecule has 19 heavy (non-hydrogen) atoms. The Balaban J connectivity index is 2.86. The Kier molecular flexibility index (Phi) is 5.20. The summed E-state index contributed by atoms with van der Waals surface area (Å²) in [5, 5.41) is 0. The van der Waals surface area contributed by atoms with Gasteiger partial charge in [-0.1, -0.05) is 19.1 Å². The van der Waals surface area contributed by atoms with E-state index < -0.39 is 12.3 Å². The molecule has 0 amide bonds. The second kappa shape index (κ2) is 6.45. The zero-order chi connectivity index (χ0) is 14.5. The van der Waals surface area contributed by atoms with Crippen molar-refractivity contribution in [2.24, 2.45) is 0 Å². The lowest BCUT2D eigenvalue weighted by atomic mass is 10.1. The number of hydrogen-bond acceptors (Lipinski definition) is 3. The first-order valence-corrected chi connectivity index (χ1v) is 5.89. The maximum absolute atomic E-state index is 12.2. The molecule has 0 saturated heterocycles. The van der Waals surface area contributed by atoms with Crippen LogP contribution in [-0.4, -0.2) is 18.9 Å². The summed E-state index contributed by atoms with van der Waals surface area (Å²) in [5.74, 6) is -0.642. The second-order valence-corrected chi connectivity index (χ2v) is 3.83. The fourth-order valence-electron chi connectivity index (χ4n) is 1.62. The van der Waals surface area contributed by atoms with E-state index >= 15 is 0 Å². The minimum Gasteiger partial charge on any atom is -0.466 e. The highest BCUT2D eigenvalue weighted by atomic mass is 19.4. The van der Waals surface area contributed by atoms with E-state index in [2.05, 4.69) is 4.74 Å². The number of aryl methyl sites for hydroxylation is 1. The van der Waals surface area contributed by atoms with E-state index in [0.717, 1.165) is 0 Å². The van der Waals surface area contributed by atoms with Crippen LogP contribution in [0.3, 0.4) is 0 Å². The average molecular weight is 276 g/mol. The third kappa shape index (κ3) is 5.19. The number of esters is 1. The number of halogens is 3. The minimum absolute atomic E-state index is 0.0349. The van der Waals surface area contributed by atoms with Gasteiger partial charge in [0, 0.05) is 0 Å². The maximum atomic E-state index is 12.2. The van der Waals surface area contributed by atoms with Gasteiger partial charge in [-0.15, -0.1) is 13.2 Å². The molecule has 0 saturated carbocycles. The standard InChI is InChI=1S/C13H15F3O3/c1-3-10-7-9(8-12(17)18-4-2)5-6-11(10)19-13(14,15)16/h5-7H,3-4,8H2,1-2H3. The molecule has 0 bridgehead atoms. The molecule has 0 heterocycles. The number of rotatable bonds is 5. The van der Waals surface area contributed by atoms with Gasteiger partial charge in [-0.3, -0.25) is 4.79 Å². The van der Waals surface area contributed by atoms with Crippen molar-refractivity contribution in [2.75, 3.05) is 6.61 Å². The van der Waals surface area contributed by atoms with Gasteiger partial charge in [0.15, 0.2) is 0 Å². The molecule has 106 valence electrons. The monoisotopic (exact) mass is 276 g/mol. The Morgan fingerprint density at radius 2 is 1.95 bits per heavy atom. The Hall–Kier alpha value is -1.72. The number of benzene rings is 1. The molecule has 0 atom stereocenters. The van der Waals surface area contributed by atoms with Crippen LogP contribution in [0.2, 0.25) is 0 Å². The largest absolute Gasteiger partial charge is 0.573 e. The normalized spacial score (nSPS) is 11.2. The van der Waals surface area contributed by atoms with E-state index in [1.807, 2.05) is 0 Å². The third-order valence-electron chi connectivity index (χ3n) is 2.39. The predicted molar refractivity (Wildman–Crippen MR) is 62.8 cm³/mol. The van der Waals surface area contributed by atoms with Gasteiger partial charge in [0.05, 0.1) is 13.0 Å². The molecular formula is C13H15F3O3. The Morgan fingerprint density at radius 3 is 2.47 bits per heavy atom. The molecule has 1 aromatic rings. The van der Waals surface area contributed by atoms with E-state index in [1.54, 1.807) is 13.8 Å². The summed E-state index contributed by atoms with van der Waals surface area (Å²) >= 11 is 0. The van der Waals surface area contributed by atoms with E-state index in [4.69, 9.17) is 4.74 Å². The highest BCUT2D eigenvalue weighted by Crippen LogP contribution is 2.27. The molecule has 0 spiro atoms. The van der Waals surface area contributed by atoms with Crippen LogP contribution < -0.4 is 4.74 Å². The van der Waals surface area contributed by atoms with Crippen molar-refractivity contribution in [1.29, 1.82) is 0 Å². The molecule has 6 heteroatoms. The van der Waals surface area contributed by atoms with E-state index in [1.165, 1.54) is 18.2 Å². The van der Waals surface area contributed by atoms with Gasteiger partial charge >= 0.3 is 12.3 Å². The zero-order valence-electron chi connectivity index (χ0n) is 10.7. The fourth-order valence-corrected chi connectivity index (χ4v) is 1.62. The SMILES string of the molecule is CCOC(=O)Cc1ccc(OC(F)(F)F)c(CC)c1. The smallest absolute Gasteiger partial charge is 0.466 e. The number of alkyl halides is 3. The van der Waals surface area contributed by atoms with E-state index in [9.17, 15) is 18.0 Å². The first kappa shape index (κ1) is 15.3. The first-order chi connectivity index (χ1) is 8.85. The number of carbonyl (C=O) groups excluding carboxylic acids is 1. The maximum Gasteiger partial charge on any atom is 0.573 e. The summed E-state index contributed by atoms with van der Waals surface area (Å²) in [6.45, 7) is 3.68. The lowest BCUT2D eigenvalue weighted by Crippen LogP contribution is -2.18. The molecule has 0 aliphatic heterocycles. The molecule has 0 fully saturated rings.